The van der Waals surface area contributed by atoms with Gasteiger partial charge in [-0.25, -0.2) is 4.79 Å². The van der Waals surface area contributed by atoms with E-state index in [0.717, 1.165) is 48.7 Å². The number of pyridine rings is 1. The lowest BCUT2D eigenvalue weighted by atomic mass is 10.2. The first-order valence-electron chi connectivity index (χ1n) is 8.51. The summed E-state index contributed by atoms with van der Waals surface area (Å²) in [6, 6.07) is 8.34. The summed E-state index contributed by atoms with van der Waals surface area (Å²) in [6.45, 7) is 8.15. The molecule has 3 rings (SSSR count). The number of aryl methyl sites for hydroxylation is 3. The van der Waals surface area contributed by atoms with E-state index in [9.17, 15) is 4.79 Å². The first-order valence-corrected chi connectivity index (χ1v) is 8.51. The first kappa shape index (κ1) is 16.5. The molecule has 1 fully saturated rings. The Kier molecular flexibility index (Phi) is 4.83. The number of nitrogens with one attached hydrogen (secondary N) is 1. The maximum absolute atomic E-state index is 12.3. The largest absolute Gasteiger partial charge is 0.338 e. The summed E-state index contributed by atoms with van der Waals surface area (Å²) < 4.78 is 2.05. The molecule has 0 aromatic carbocycles. The van der Waals surface area contributed by atoms with E-state index in [1.807, 2.05) is 36.9 Å². The summed E-state index contributed by atoms with van der Waals surface area (Å²) in [5.74, 6) is 0. The number of hydrogen-bond donors (Lipinski definition) is 1. The van der Waals surface area contributed by atoms with E-state index in [-0.39, 0.29) is 12.1 Å². The number of hydrogen-bond acceptors (Lipinski definition) is 3. The number of aromatic nitrogens is 3. The van der Waals surface area contributed by atoms with Gasteiger partial charge < -0.3 is 10.2 Å². The Morgan fingerprint density at radius 3 is 2.83 bits per heavy atom. The van der Waals surface area contributed by atoms with E-state index in [4.69, 9.17) is 0 Å². The zero-order chi connectivity index (χ0) is 17.1. The minimum Gasteiger partial charge on any atom is -0.338 e. The molecule has 0 bridgehead atoms. The molecule has 0 spiro atoms. The van der Waals surface area contributed by atoms with Crippen LogP contribution in [0.2, 0.25) is 0 Å². The van der Waals surface area contributed by atoms with Crippen LogP contribution in [-0.2, 0) is 6.42 Å². The third kappa shape index (κ3) is 3.75. The molecule has 128 valence electrons. The lowest BCUT2D eigenvalue weighted by Crippen LogP contribution is -2.39. The highest BCUT2D eigenvalue weighted by Gasteiger charge is 2.28. The fraction of sp³-hybridized carbons (Fsp3) is 0.500. The van der Waals surface area contributed by atoms with E-state index < -0.39 is 0 Å². The second-order valence-electron chi connectivity index (χ2n) is 6.51. The van der Waals surface area contributed by atoms with E-state index in [1.54, 1.807) is 0 Å². The second kappa shape index (κ2) is 7.03. The van der Waals surface area contributed by atoms with Crippen molar-refractivity contribution in [3.8, 4) is 0 Å². The van der Waals surface area contributed by atoms with Gasteiger partial charge in [-0.1, -0.05) is 6.07 Å². The number of carbonyl (C=O) groups excluding carboxylic acids is 1. The summed E-state index contributed by atoms with van der Waals surface area (Å²) in [7, 11) is 0. The fourth-order valence-corrected chi connectivity index (χ4v) is 3.29. The summed E-state index contributed by atoms with van der Waals surface area (Å²) in [4.78, 5) is 18.7. The fourth-order valence-electron chi connectivity index (χ4n) is 3.29. The van der Waals surface area contributed by atoms with Crippen LogP contribution in [-0.4, -0.2) is 45.3 Å². The van der Waals surface area contributed by atoms with Crippen LogP contribution in [0, 0.1) is 20.8 Å². The Balaban J connectivity index is 1.49. The number of likely N-dealkylation sites (tertiary alicyclic amines) is 1. The van der Waals surface area contributed by atoms with Crippen LogP contribution >= 0.6 is 0 Å². The minimum atomic E-state index is 0.00619. The predicted octanol–water partition coefficient (Wildman–Crippen LogP) is 2.40. The number of nitrogens with zero attached hydrogens (tertiary/aromatic N) is 4. The van der Waals surface area contributed by atoms with Gasteiger partial charge in [0, 0.05) is 43.1 Å². The standard InChI is InChI=1S/C18H25N5O/c1-13-5-4-6-16(20-13)7-9-19-18(24)22-10-8-17(12-22)23-15(3)11-14(2)21-23/h4-6,11,17H,7-10,12H2,1-3H3,(H,19,24)/t17-/m1/s1. The lowest BCUT2D eigenvalue weighted by molar-refractivity contribution is 0.207. The molecule has 0 aliphatic carbocycles. The van der Waals surface area contributed by atoms with Crippen LogP contribution in [0.25, 0.3) is 0 Å². The molecular weight excluding hydrogens is 302 g/mol. The summed E-state index contributed by atoms with van der Waals surface area (Å²) in [5.41, 5.74) is 4.20. The zero-order valence-corrected chi connectivity index (χ0v) is 14.6. The molecule has 1 N–H and O–H groups in total. The Morgan fingerprint density at radius 1 is 1.29 bits per heavy atom. The zero-order valence-electron chi connectivity index (χ0n) is 14.6. The minimum absolute atomic E-state index is 0.00619. The van der Waals surface area contributed by atoms with Crippen LogP contribution < -0.4 is 5.32 Å². The van der Waals surface area contributed by atoms with Crippen LogP contribution in [0.3, 0.4) is 0 Å². The van der Waals surface area contributed by atoms with E-state index >= 15 is 0 Å². The van der Waals surface area contributed by atoms with Crippen LogP contribution in [0.5, 0.6) is 0 Å². The van der Waals surface area contributed by atoms with Gasteiger partial charge in [0.1, 0.15) is 0 Å². The number of urea groups is 1. The van der Waals surface area contributed by atoms with Gasteiger partial charge in [0.15, 0.2) is 0 Å². The molecule has 3 heterocycles. The number of amides is 2. The van der Waals surface area contributed by atoms with Gasteiger partial charge in [0.2, 0.25) is 0 Å². The van der Waals surface area contributed by atoms with Gasteiger partial charge in [-0.2, -0.15) is 5.10 Å². The average Bonchev–Trinajstić information content (AvgIpc) is 3.13. The van der Waals surface area contributed by atoms with E-state index in [1.165, 1.54) is 0 Å². The van der Waals surface area contributed by atoms with Crippen LogP contribution in [0.15, 0.2) is 24.3 Å². The van der Waals surface area contributed by atoms with E-state index in [0.29, 0.717) is 6.54 Å². The van der Waals surface area contributed by atoms with Crippen molar-refractivity contribution in [2.45, 2.75) is 39.7 Å². The first-order chi connectivity index (χ1) is 11.5. The molecule has 1 atom stereocenters. The van der Waals surface area contributed by atoms with Crippen molar-refractivity contribution in [3.05, 3.63) is 47.0 Å². The third-order valence-corrected chi connectivity index (χ3v) is 4.44. The van der Waals surface area contributed by atoms with Crippen molar-refractivity contribution >= 4 is 6.03 Å². The maximum Gasteiger partial charge on any atom is 0.317 e. The van der Waals surface area contributed by atoms with E-state index in [2.05, 4.69) is 33.1 Å². The topological polar surface area (TPSA) is 63.1 Å². The molecule has 2 amide bonds. The molecule has 0 radical (unpaired) electrons. The van der Waals surface area contributed by atoms with Gasteiger partial charge in [-0.05, 0) is 45.4 Å². The molecule has 2 aromatic heterocycles. The maximum atomic E-state index is 12.3. The number of carbonyl (C=O) groups is 1. The van der Waals surface area contributed by atoms with Crippen molar-refractivity contribution in [3.63, 3.8) is 0 Å². The molecular formula is C18H25N5O. The van der Waals surface area contributed by atoms with Crippen molar-refractivity contribution in [1.82, 2.24) is 25.0 Å². The molecule has 1 saturated heterocycles. The van der Waals surface area contributed by atoms with Crippen molar-refractivity contribution in [2.75, 3.05) is 19.6 Å². The quantitative estimate of drug-likeness (QED) is 0.938. The van der Waals surface area contributed by atoms with Gasteiger partial charge in [0.05, 0.1) is 11.7 Å². The second-order valence-corrected chi connectivity index (χ2v) is 6.51. The van der Waals surface area contributed by atoms with Crippen molar-refractivity contribution < 1.29 is 4.79 Å². The van der Waals surface area contributed by atoms with Gasteiger partial charge in [-0.3, -0.25) is 9.67 Å². The normalized spacial score (nSPS) is 17.3. The Labute approximate surface area is 142 Å². The predicted molar refractivity (Wildman–Crippen MR) is 93.0 cm³/mol. The van der Waals surface area contributed by atoms with Crippen LogP contribution in [0.1, 0.15) is 35.2 Å². The van der Waals surface area contributed by atoms with Crippen LogP contribution in [0.4, 0.5) is 4.79 Å². The Bertz CT molecular complexity index is 724. The van der Waals surface area contributed by atoms with Gasteiger partial charge in [-0.15, -0.1) is 0 Å². The lowest BCUT2D eigenvalue weighted by Gasteiger charge is -2.18. The van der Waals surface area contributed by atoms with Gasteiger partial charge >= 0.3 is 6.03 Å². The highest BCUT2D eigenvalue weighted by atomic mass is 16.2. The average molecular weight is 327 g/mol. The Hall–Kier alpha value is -2.37. The summed E-state index contributed by atoms with van der Waals surface area (Å²) in [6.07, 6.45) is 1.71. The molecule has 1 aliphatic heterocycles. The number of rotatable bonds is 4. The third-order valence-electron chi connectivity index (χ3n) is 4.44. The molecule has 0 unspecified atom stereocenters. The Morgan fingerprint density at radius 2 is 2.12 bits per heavy atom. The molecule has 6 heteroatoms. The smallest absolute Gasteiger partial charge is 0.317 e. The summed E-state index contributed by atoms with van der Waals surface area (Å²) in [5, 5.41) is 7.55. The SMILES string of the molecule is Cc1cccc(CCNC(=O)N2CC[C@@H](n3nc(C)cc3C)C2)n1. The highest BCUT2D eigenvalue weighted by molar-refractivity contribution is 5.74. The molecule has 24 heavy (non-hydrogen) atoms. The molecule has 2 aromatic rings. The van der Waals surface area contributed by atoms with Crippen molar-refractivity contribution in [2.24, 2.45) is 0 Å². The van der Waals surface area contributed by atoms with Crippen molar-refractivity contribution in [1.29, 1.82) is 0 Å². The molecule has 6 nitrogen and oxygen atoms in total. The molecule has 0 saturated carbocycles. The molecule has 1 aliphatic rings. The summed E-state index contributed by atoms with van der Waals surface area (Å²) >= 11 is 0. The van der Waals surface area contributed by atoms with Gasteiger partial charge in [0.25, 0.3) is 0 Å². The highest BCUT2D eigenvalue weighted by Crippen LogP contribution is 2.22. The monoisotopic (exact) mass is 327 g/mol.